The van der Waals surface area contributed by atoms with E-state index in [1.165, 1.54) is 10.9 Å². The quantitative estimate of drug-likeness (QED) is 0.196. The Morgan fingerprint density at radius 2 is 2.09 bits per heavy atom. The summed E-state index contributed by atoms with van der Waals surface area (Å²) in [6.07, 6.45) is 0. The van der Waals surface area contributed by atoms with Crippen molar-refractivity contribution >= 4 is 28.6 Å². The lowest BCUT2D eigenvalue weighted by Crippen LogP contribution is -2.05. The van der Waals surface area contributed by atoms with Gasteiger partial charge in [-0.15, -0.1) is 16.2 Å². The number of aromatic hydroxyl groups is 2. The van der Waals surface area contributed by atoms with Crippen molar-refractivity contribution in [2.24, 2.45) is 5.18 Å². The first kappa shape index (κ1) is 15.1. The van der Waals surface area contributed by atoms with Crippen LogP contribution in [0.3, 0.4) is 0 Å². The van der Waals surface area contributed by atoms with Crippen LogP contribution in [0.25, 0.3) is 5.76 Å². The van der Waals surface area contributed by atoms with E-state index in [2.05, 4.69) is 10.2 Å². The molecule has 0 spiro atoms. The maximum atomic E-state index is 12.1. The van der Waals surface area contributed by atoms with Crippen molar-refractivity contribution < 1.29 is 20.1 Å². The van der Waals surface area contributed by atoms with Gasteiger partial charge >= 0.3 is 0 Å². The molecule has 110 valence electrons. The minimum atomic E-state index is -0.811. The Labute approximate surface area is 127 Å². The summed E-state index contributed by atoms with van der Waals surface area (Å²) < 4.78 is 0. The highest BCUT2D eigenvalue weighted by Gasteiger charge is 2.21. The molecule has 8 nitrogen and oxygen atoms in total. The zero-order valence-electron chi connectivity index (χ0n) is 10.7. The molecular weight excluding hydrogens is 310 g/mol. The number of phenolic OH excluding ortho intramolecular Hbond substituents is 2. The van der Waals surface area contributed by atoms with Gasteiger partial charge in [-0.3, -0.25) is 4.79 Å². The smallest absolute Gasteiger partial charge is 0.226 e. The zero-order chi connectivity index (χ0) is 16.3. The van der Waals surface area contributed by atoms with Gasteiger partial charge < -0.3 is 15.3 Å². The zero-order valence-corrected chi connectivity index (χ0v) is 11.5. The van der Waals surface area contributed by atoms with Crippen LogP contribution in [0.5, 0.6) is 11.5 Å². The second-order valence-electron chi connectivity index (χ2n) is 3.99. The summed E-state index contributed by atoms with van der Waals surface area (Å²) in [4.78, 5) is 26.4. The van der Waals surface area contributed by atoms with Gasteiger partial charge in [-0.2, -0.15) is 5.26 Å². The molecular formula is C13H7N3O5S. The Hall–Kier alpha value is -3.25. The maximum Gasteiger partial charge on any atom is 0.226 e. The molecule has 0 aliphatic rings. The molecule has 3 N–H and O–H groups in total. The second kappa shape index (κ2) is 6.02. The van der Waals surface area contributed by atoms with Gasteiger partial charge in [0.25, 0.3) is 0 Å². The average molecular weight is 317 g/mol. The number of phenols is 2. The number of hydrogen-bond acceptors (Lipinski definition) is 9. The Morgan fingerprint density at radius 3 is 2.64 bits per heavy atom. The summed E-state index contributed by atoms with van der Waals surface area (Å²) in [5.41, 5.74) is -0.0114. The molecule has 0 aliphatic heterocycles. The predicted molar refractivity (Wildman–Crippen MR) is 76.8 cm³/mol. The summed E-state index contributed by atoms with van der Waals surface area (Å²) in [7, 11) is 0. The fraction of sp³-hybridized carbons (Fsp3) is 0. The first-order valence-electron chi connectivity index (χ1n) is 5.65. The highest BCUT2D eigenvalue weighted by atomic mass is 32.1. The Kier molecular flexibility index (Phi) is 4.15. The minimum Gasteiger partial charge on any atom is -0.506 e. The molecule has 0 aliphatic carbocycles. The van der Waals surface area contributed by atoms with Gasteiger partial charge in [-0.05, 0) is 17.3 Å². The molecule has 1 aromatic carbocycles. The number of nitriles is 1. The third-order valence-electron chi connectivity index (χ3n) is 2.68. The van der Waals surface area contributed by atoms with E-state index in [-0.39, 0.29) is 11.3 Å². The lowest BCUT2D eigenvalue weighted by molar-refractivity contribution is 0.103. The van der Waals surface area contributed by atoms with E-state index in [4.69, 9.17) is 5.26 Å². The highest BCUT2D eigenvalue weighted by molar-refractivity contribution is 7.07. The van der Waals surface area contributed by atoms with Crippen LogP contribution in [0.2, 0.25) is 0 Å². The van der Waals surface area contributed by atoms with E-state index in [0.717, 1.165) is 23.5 Å². The molecule has 0 radical (unpaired) electrons. The molecule has 22 heavy (non-hydrogen) atoms. The maximum absolute atomic E-state index is 12.1. The summed E-state index contributed by atoms with van der Waals surface area (Å²) >= 11 is 1.14. The minimum absolute atomic E-state index is 0.0233. The molecule has 2 rings (SSSR count). The summed E-state index contributed by atoms with van der Waals surface area (Å²) in [5.74, 6) is -3.07. The first-order chi connectivity index (χ1) is 10.5. The summed E-state index contributed by atoms with van der Waals surface area (Å²) in [6, 6.07) is 3.38. The number of Topliss-reactive ketones (excluding diaryl/α,β-unsaturated/α-hetero) is 1. The first-order valence-corrected chi connectivity index (χ1v) is 6.59. The molecule has 0 saturated heterocycles. The molecule has 0 saturated carbocycles. The van der Waals surface area contributed by atoms with Crippen LogP contribution in [0.4, 0.5) is 5.69 Å². The number of benzene rings is 1. The number of aliphatic hydroxyl groups is 1. The lowest BCUT2D eigenvalue weighted by Gasteiger charge is -2.06. The number of hydrogen-bond donors (Lipinski definition) is 3. The van der Waals surface area contributed by atoms with Gasteiger partial charge in [0.1, 0.15) is 23.1 Å². The van der Waals surface area contributed by atoms with E-state index >= 15 is 0 Å². The fourth-order valence-corrected chi connectivity index (χ4v) is 2.15. The average Bonchev–Trinajstić information content (AvgIpc) is 3.04. The molecule has 0 bridgehead atoms. The van der Waals surface area contributed by atoms with Crippen LogP contribution >= 0.6 is 11.3 Å². The Morgan fingerprint density at radius 1 is 1.36 bits per heavy atom. The number of aliphatic hydroxyl groups excluding tert-OH is 1. The molecule has 2 aromatic rings. The number of carbonyl (C=O) groups excluding carboxylic acids is 1. The van der Waals surface area contributed by atoms with E-state index in [1.807, 2.05) is 0 Å². The molecule has 0 atom stereocenters. The number of aromatic nitrogens is 1. The van der Waals surface area contributed by atoms with Crippen LogP contribution < -0.4 is 0 Å². The standard InChI is InChI=1S/C13H7N3O5S/c14-3-7(12(19)9-4-22-5-15-9)11(18)6-1-8(16-21)13(20)10(17)2-6/h1-2,4-5,17-18,20H/b11-7-. The SMILES string of the molecule is N#C/C(C(=O)c1cscn1)=C(/O)c1cc(O)c(O)c(N=O)c1. The Bertz CT molecular complexity index is 821. The summed E-state index contributed by atoms with van der Waals surface area (Å²) in [5, 5.41) is 41.9. The van der Waals surface area contributed by atoms with Gasteiger partial charge in [0.15, 0.2) is 17.2 Å². The van der Waals surface area contributed by atoms with Crippen molar-refractivity contribution in [2.75, 3.05) is 0 Å². The third-order valence-corrected chi connectivity index (χ3v) is 3.27. The van der Waals surface area contributed by atoms with E-state index in [0.29, 0.717) is 0 Å². The van der Waals surface area contributed by atoms with Crippen molar-refractivity contribution in [1.82, 2.24) is 4.98 Å². The van der Waals surface area contributed by atoms with Gasteiger partial charge in [0, 0.05) is 10.9 Å². The molecule has 9 heteroatoms. The number of allylic oxidation sites excluding steroid dienone is 1. The normalized spacial score (nSPS) is 11.4. The molecule has 0 fully saturated rings. The van der Waals surface area contributed by atoms with Crippen molar-refractivity contribution in [3.05, 3.63) is 44.8 Å². The molecule has 1 heterocycles. The number of nitrogens with zero attached hydrogens (tertiary/aromatic N) is 3. The van der Waals surface area contributed by atoms with Gasteiger partial charge in [0.05, 0.1) is 5.51 Å². The van der Waals surface area contributed by atoms with Gasteiger partial charge in [-0.25, -0.2) is 4.98 Å². The van der Waals surface area contributed by atoms with Crippen LogP contribution in [0.15, 0.2) is 33.8 Å². The van der Waals surface area contributed by atoms with E-state index in [1.54, 1.807) is 6.07 Å². The monoisotopic (exact) mass is 317 g/mol. The molecule has 1 aromatic heterocycles. The number of nitroso groups, excluding NO2 is 1. The van der Waals surface area contributed by atoms with Crippen molar-refractivity contribution in [3.8, 4) is 17.6 Å². The van der Waals surface area contributed by atoms with Crippen molar-refractivity contribution in [3.63, 3.8) is 0 Å². The van der Waals surface area contributed by atoms with E-state index < -0.39 is 34.3 Å². The number of rotatable bonds is 4. The topological polar surface area (TPSA) is 144 Å². The fourth-order valence-electron chi connectivity index (χ4n) is 1.62. The second-order valence-corrected chi connectivity index (χ2v) is 4.71. The molecule has 0 amide bonds. The van der Waals surface area contributed by atoms with Crippen molar-refractivity contribution in [1.29, 1.82) is 5.26 Å². The number of thiazole rings is 1. The largest absolute Gasteiger partial charge is 0.506 e. The van der Waals surface area contributed by atoms with Crippen LogP contribution in [0.1, 0.15) is 16.1 Å². The lowest BCUT2D eigenvalue weighted by atomic mass is 10.0. The van der Waals surface area contributed by atoms with Crippen LogP contribution in [0, 0.1) is 16.2 Å². The van der Waals surface area contributed by atoms with Crippen LogP contribution in [-0.4, -0.2) is 26.1 Å². The number of ketones is 1. The van der Waals surface area contributed by atoms with Gasteiger partial charge in [-0.1, -0.05) is 0 Å². The predicted octanol–water partition coefficient (Wildman–Crippen LogP) is 2.63. The summed E-state index contributed by atoms with van der Waals surface area (Å²) in [6.45, 7) is 0. The van der Waals surface area contributed by atoms with Crippen LogP contribution in [-0.2, 0) is 0 Å². The van der Waals surface area contributed by atoms with E-state index in [9.17, 15) is 25.0 Å². The number of carbonyl (C=O) groups is 1. The third kappa shape index (κ3) is 2.63. The van der Waals surface area contributed by atoms with Gasteiger partial charge in [0.2, 0.25) is 5.78 Å². The highest BCUT2D eigenvalue weighted by Crippen LogP contribution is 2.38. The Balaban J connectivity index is 2.59. The molecule has 0 unspecified atom stereocenters. The van der Waals surface area contributed by atoms with Crippen molar-refractivity contribution in [2.45, 2.75) is 0 Å².